The summed E-state index contributed by atoms with van der Waals surface area (Å²) in [5.41, 5.74) is 0. The maximum absolute atomic E-state index is 12.9. The van der Waals surface area contributed by atoms with Gasteiger partial charge in [-0.1, -0.05) is 338 Å². The Hall–Kier alpha value is -3.15. The molecule has 0 N–H and O–H groups in total. The predicted molar refractivity (Wildman–Crippen MR) is 344 cm³/mol. The molecule has 6 heteroatoms. The molecule has 458 valence electrons. The Morgan fingerprint density at radius 3 is 0.772 bits per heavy atom. The second-order valence-electron chi connectivity index (χ2n) is 23.1. The van der Waals surface area contributed by atoms with E-state index >= 15 is 0 Å². The second-order valence-corrected chi connectivity index (χ2v) is 23.1. The number of carbonyl (C=O) groups is 3. The number of unbranched alkanes of at least 4 members (excludes halogenated alkanes) is 40. The van der Waals surface area contributed by atoms with Gasteiger partial charge in [0.15, 0.2) is 6.10 Å². The topological polar surface area (TPSA) is 78.9 Å². The first kappa shape index (κ1) is 75.8. The molecule has 1 unspecified atom stereocenters. The van der Waals surface area contributed by atoms with Crippen molar-refractivity contribution in [2.24, 2.45) is 0 Å². The Morgan fingerprint density at radius 2 is 0.494 bits per heavy atom. The van der Waals surface area contributed by atoms with E-state index in [-0.39, 0.29) is 37.5 Å². The molecule has 0 fully saturated rings. The summed E-state index contributed by atoms with van der Waals surface area (Å²) < 4.78 is 16.9. The van der Waals surface area contributed by atoms with Crippen LogP contribution >= 0.6 is 0 Å². The Bertz CT molecular complexity index is 1450. The molecule has 0 aliphatic rings. The molecule has 0 radical (unpaired) electrons. The summed E-state index contributed by atoms with van der Waals surface area (Å²) in [6, 6.07) is 0. The largest absolute Gasteiger partial charge is 0.462 e. The summed E-state index contributed by atoms with van der Waals surface area (Å²) in [5.74, 6) is -0.914. The summed E-state index contributed by atoms with van der Waals surface area (Å²) in [4.78, 5) is 38.3. The summed E-state index contributed by atoms with van der Waals surface area (Å²) in [5, 5.41) is 0. The highest BCUT2D eigenvalue weighted by Crippen LogP contribution is 2.18. The lowest BCUT2D eigenvalue weighted by atomic mass is 10.0. The van der Waals surface area contributed by atoms with Gasteiger partial charge in [0, 0.05) is 19.3 Å². The highest BCUT2D eigenvalue weighted by molar-refractivity contribution is 5.71. The molecule has 79 heavy (non-hydrogen) atoms. The normalized spacial score (nSPS) is 12.5. The maximum atomic E-state index is 12.9. The molecule has 0 spiro atoms. The van der Waals surface area contributed by atoms with Crippen molar-refractivity contribution in [2.45, 2.75) is 361 Å². The summed E-state index contributed by atoms with van der Waals surface area (Å²) in [7, 11) is 0. The van der Waals surface area contributed by atoms with E-state index in [1.807, 2.05) is 0 Å². The molecule has 0 saturated carbocycles. The van der Waals surface area contributed by atoms with Crippen LogP contribution in [0.15, 0.2) is 72.9 Å². The van der Waals surface area contributed by atoms with Crippen molar-refractivity contribution in [2.75, 3.05) is 13.2 Å². The van der Waals surface area contributed by atoms with Crippen molar-refractivity contribution in [1.29, 1.82) is 0 Å². The zero-order valence-electron chi connectivity index (χ0n) is 52.6. The second kappa shape index (κ2) is 67.4. The summed E-state index contributed by atoms with van der Waals surface area (Å²) in [6.45, 7) is 6.54. The van der Waals surface area contributed by atoms with Crippen molar-refractivity contribution < 1.29 is 28.6 Å². The van der Waals surface area contributed by atoms with Crippen LogP contribution in [0, 0.1) is 0 Å². The van der Waals surface area contributed by atoms with Crippen LogP contribution in [0.5, 0.6) is 0 Å². The lowest BCUT2D eigenvalue weighted by Crippen LogP contribution is -2.30. The van der Waals surface area contributed by atoms with Gasteiger partial charge in [0.1, 0.15) is 13.2 Å². The van der Waals surface area contributed by atoms with Crippen molar-refractivity contribution in [3.05, 3.63) is 72.9 Å². The number of hydrogen-bond donors (Lipinski definition) is 0. The monoisotopic (exact) mass is 1100 g/mol. The number of allylic oxidation sites excluding steroid dienone is 12. The van der Waals surface area contributed by atoms with Gasteiger partial charge in [-0.05, 0) is 70.6 Å². The fraction of sp³-hybridized carbons (Fsp3) is 0.795. The number of rotatable bonds is 63. The Kier molecular flexibility index (Phi) is 64.7. The van der Waals surface area contributed by atoms with Crippen LogP contribution in [0.3, 0.4) is 0 Å². The number of hydrogen-bond acceptors (Lipinski definition) is 6. The van der Waals surface area contributed by atoms with E-state index in [0.717, 1.165) is 89.9 Å². The molecule has 0 amide bonds. The third-order valence-electron chi connectivity index (χ3n) is 15.2. The Balaban J connectivity index is 4.26. The van der Waals surface area contributed by atoms with Crippen LogP contribution in [0.4, 0.5) is 0 Å². The molecule has 0 rings (SSSR count). The van der Waals surface area contributed by atoms with Gasteiger partial charge in [0.2, 0.25) is 0 Å². The van der Waals surface area contributed by atoms with Crippen molar-refractivity contribution in [3.8, 4) is 0 Å². The van der Waals surface area contributed by atoms with Gasteiger partial charge in [0.25, 0.3) is 0 Å². The molecule has 6 nitrogen and oxygen atoms in total. The lowest BCUT2D eigenvalue weighted by Gasteiger charge is -2.18. The van der Waals surface area contributed by atoms with E-state index in [4.69, 9.17) is 14.2 Å². The Labute approximate surface area is 491 Å². The van der Waals surface area contributed by atoms with E-state index in [2.05, 4.69) is 93.7 Å². The first-order valence-electron chi connectivity index (χ1n) is 34.4. The van der Waals surface area contributed by atoms with Crippen molar-refractivity contribution >= 4 is 17.9 Å². The van der Waals surface area contributed by atoms with Crippen molar-refractivity contribution in [1.82, 2.24) is 0 Å². The zero-order chi connectivity index (χ0) is 57.1. The van der Waals surface area contributed by atoms with Gasteiger partial charge in [0.05, 0.1) is 0 Å². The first-order chi connectivity index (χ1) is 39.0. The fourth-order valence-corrected chi connectivity index (χ4v) is 10.1. The SMILES string of the molecule is CC/C=C\C/C=C\C/C=C\C/C=C\C/C=C\C/C=C\CCCCC(=O)OC(COC(=O)CCCCCCCCCCCCCC)COC(=O)CCCCCCCCCCCCCCCCCCCCCCCCCCCCCC. The van der Waals surface area contributed by atoms with E-state index in [0.29, 0.717) is 19.3 Å². The number of esters is 3. The molecule has 0 aliphatic heterocycles. The van der Waals surface area contributed by atoms with E-state index in [1.54, 1.807) is 0 Å². The Morgan fingerprint density at radius 1 is 0.266 bits per heavy atom. The fourth-order valence-electron chi connectivity index (χ4n) is 10.1. The van der Waals surface area contributed by atoms with Crippen LogP contribution in [-0.2, 0) is 28.6 Å². The van der Waals surface area contributed by atoms with Crippen LogP contribution in [0.25, 0.3) is 0 Å². The molecular weight excluding hydrogens is 973 g/mol. The third kappa shape index (κ3) is 65.5. The van der Waals surface area contributed by atoms with Gasteiger partial charge < -0.3 is 14.2 Å². The zero-order valence-corrected chi connectivity index (χ0v) is 52.6. The van der Waals surface area contributed by atoms with E-state index in [9.17, 15) is 14.4 Å². The van der Waals surface area contributed by atoms with Gasteiger partial charge >= 0.3 is 17.9 Å². The van der Waals surface area contributed by atoms with E-state index in [1.165, 1.54) is 218 Å². The van der Waals surface area contributed by atoms with Crippen LogP contribution in [0.2, 0.25) is 0 Å². The molecule has 0 aromatic rings. The highest BCUT2D eigenvalue weighted by Gasteiger charge is 2.19. The van der Waals surface area contributed by atoms with Crippen LogP contribution < -0.4 is 0 Å². The first-order valence-corrected chi connectivity index (χ1v) is 34.4. The van der Waals surface area contributed by atoms with Gasteiger partial charge in [-0.15, -0.1) is 0 Å². The van der Waals surface area contributed by atoms with Gasteiger partial charge in [-0.3, -0.25) is 14.4 Å². The molecule has 1 atom stereocenters. The molecule has 0 heterocycles. The molecule has 0 bridgehead atoms. The number of carbonyl (C=O) groups excluding carboxylic acids is 3. The molecule has 0 aromatic heterocycles. The maximum Gasteiger partial charge on any atom is 0.306 e. The smallest absolute Gasteiger partial charge is 0.306 e. The van der Waals surface area contributed by atoms with Crippen molar-refractivity contribution in [3.63, 3.8) is 0 Å². The quantitative estimate of drug-likeness (QED) is 0.0261. The average molecular weight is 1100 g/mol. The minimum atomic E-state index is -0.797. The molecular formula is C73H130O6. The average Bonchev–Trinajstić information content (AvgIpc) is 3.45. The minimum absolute atomic E-state index is 0.0888. The predicted octanol–water partition coefficient (Wildman–Crippen LogP) is 23.7. The minimum Gasteiger partial charge on any atom is -0.462 e. The molecule has 0 aromatic carbocycles. The third-order valence-corrected chi connectivity index (χ3v) is 15.2. The van der Waals surface area contributed by atoms with E-state index < -0.39 is 6.10 Å². The van der Waals surface area contributed by atoms with Crippen LogP contribution in [-0.4, -0.2) is 37.2 Å². The van der Waals surface area contributed by atoms with Crippen LogP contribution in [0.1, 0.15) is 355 Å². The van der Waals surface area contributed by atoms with Gasteiger partial charge in [-0.2, -0.15) is 0 Å². The summed E-state index contributed by atoms with van der Waals surface area (Å²) >= 11 is 0. The molecule has 0 aliphatic carbocycles. The number of ether oxygens (including phenoxy) is 3. The summed E-state index contributed by atoms with van der Waals surface area (Å²) in [6.07, 6.45) is 88.0. The lowest BCUT2D eigenvalue weighted by molar-refractivity contribution is -0.167. The van der Waals surface area contributed by atoms with Gasteiger partial charge in [-0.25, -0.2) is 0 Å². The highest BCUT2D eigenvalue weighted by atomic mass is 16.6. The standard InChI is InChI=1S/C73H130O6/c1-4-7-10-13-16-19-22-25-27-29-31-33-34-35-36-37-38-39-41-42-44-46-48-51-54-57-60-63-66-72(75)78-69-70(68-77-71(74)65-62-59-56-53-50-24-21-18-15-12-9-6-3)79-73(76)67-64-61-58-55-52-49-47-45-43-40-32-30-28-26-23-20-17-14-11-8-5-2/h8,11,17,20,26,28,32,40,45,47,52,55,70H,4-7,9-10,12-16,18-19,21-25,27,29-31,33-39,41-44,46,48-51,53-54,56-69H2,1-3H3/b11-8-,20-17-,28-26-,40-32-,47-45-,55-52-. The molecule has 0 saturated heterocycles.